The van der Waals surface area contributed by atoms with E-state index in [0.29, 0.717) is 17.6 Å². The Morgan fingerprint density at radius 2 is 1.84 bits per heavy atom. The predicted octanol–water partition coefficient (Wildman–Crippen LogP) is 5.53. The highest BCUT2D eigenvalue weighted by atomic mass is 35.5. The standard InChI is InChI=1S/C23H21ClO/c24-23-11-3-5-14(23)12-19-20-17-8-7-13-4-1-2-6-15(13)16(17)9-10-18(20)22(25)21(19)23/h1-2,4,6,9-10,14,19,21H,3,5,7-8,11-12H2/t14-,19-,21-,23+/m1/s1. The lowest BCUT2D eigenvalue weighted by atomic mass is 9.79. The van der Waals surface area contributed by atoms with Crippen LogP contribution in [0.2, 0.25) is 0 Å². The maximum Gasteiger partial charge on any atom is 0.168 e. The van der Waals surface area contributed by atoms with Crippen molar-refractivity contribution in [3.63, 3.8) is 0 Å². The first-order valence-electron chi connectivity index (χ1n) is 9.65. The topological polar surface area (TPSA) is 17.1 Å². The van der Waals surface area contributed by atoms with Crippen molar-refractivity contribution in [2.45, 2.75) is 49.3 Å². The van der Waals surface area contributed by atoms with Crippen LogP contribution in [0.25, 0.3) is 11.1 Å². The molecule has 0 saturated heterocycles. The van der Waals surface area contributed by atoms with Gasteiger partial charge in [-0.05, 0) is 71.8 Å². The highest BCUT2D eigenvalue weighted by Crippen LogP contribution is 2.65. The van der Waals surface area contributed by atoms with Crippen LogP contribution in [0.15, 0.2) is 36.4 Å². The van der Waals surface area contributed by atoms with Gasteiger partial charge >= 0.3 is 0 Å². The normalized spacial score (nSPS) is 34.3. The van der Waals surface area contributed by atoms with E-state index in [9.17, 15) is 4.79 Å². The zero-order valence-electron chi connectivity index (χ0n) is 14.2. The number of carbonyl (C=O) groups excluding carboxylic acids is 1. The number of benzene rings is 2. The summed E-state index contributed by atoms with van der Waals surface area (Å²) >= 11 is 7.10. The third-order valence-corrected chi connectivity index (χ3v) is 8.21. The largest absolute Gasteiger partial charge is 0.294 e. The van der Waals surface area contributed by atoms with Crippen LogP contribution in [-0.4, -0.2) is 10.7 Å². The van der Waals surface area contributed by atoms with E-state index in [0.717, 1.165) is 31.2 Å². The molecular formula is C23H21ClO. The summed E-state index contributed by atoms with van der Waals surface area (Å²) in [6.07, 6.45) is 6.67. The van der Waals surface area contributed by atoms with Crippen molar-refractivity contribution in [3.05, 3.63) is 58.7 Å². The lowest BCUT2D eigenvalue weighted by molar-refractivity contribution is 0.0908. The Morgan fingerprint density at radius 1 is 1.00 bits per heavy atom. The molecule has 0 amide bonds. The van der Waals surface area contributed by atoms with Gasteiger partial charge in [-0.2, -0.15) is 0 Å². The molecule has 0 aliphatic heterocycles. The SMILES string of the molecule is O=C1c2ccc3c(c2[C@H]2C[C@H]4CCC[C@@]4(Cl)[C@@H]12)CCc1ccccc1-3. The Kier molecular flexibility index (Phi) is 2.77. The van der Waals surface area contributed by atoms with Crippen molar-refractivity contribution < 1.29 is 4.79 Å². The molecule has 2 saturated carbocycles. The maximum absolute atomic E-state index is 13.3. The molecule has 2 fully saturated rings. The summed E-state index contributed by atoms with van der Waals surface area (Å²) < 4.78 is 0. The molecule has 0 unspecified atom stereocenters. The second kappa shape index (κ2) is 4.76. The van der Waals surface area contributed by atoms with Gasteiger partial charge < -0.3 is 0 Å². The van der Waals surface area contributed by atoms with Crippen LogP contribution in [0.5, 0.6) is 0 Å². The molecule has 0 radical (unpaired) electrons. The van der Waals surface area contributed by atoms with Crippen LogP contribution in [0, 0.1) is 11.8 Å². The molecule has 1 nitrogen and oxygen atoms in total. The number of aryl methyl sites for hydroxylation is 1. The Labute approximate surface area is 153 Å². The monoisotopic (exact) mass is 348 g/mol. The van der Waals surface area contributed by atoms with Crippen molar-refractivity contribution in [2.24, 2.45) is 11.8 Å². The molecule has 0 spiro atoms. The van der Waals surface area contributed by atoms with E-state index in [-0.39, 0.29) is 10.8 Å². The van der Waals surface area contributed by atoms with Gasteiger partial charge in [0.25, 0.3) is 0 Å². The third kappa shape index (κ3) is 1.68. The van der Waals surface area contributed by atoms with Crippen LogP contribution in [0.3, 0.4) is 0 Å². The van der Waals surface area contributed by atoms with E-state index in [2.05, 4.69) is 36.4 Å². The fraction of sp³-hybridized carbons (Fsp3) is 0.435. The van der Waals surface area contributed by atoms with Crippen LogP contribution >= 0.6 is 11.6 Å². The van der Waals surface area contributed by atoms with Gasteiger partial charge in [0.2, 0.25) is 0 Å². The minimum Gasteiger partial charge on any atom is -0.294 e. The Morgan fingerprint density at radius 3 is 2.76 bits per heavy atom. The van der Waals surface area contributed by atoms with Crippen LogP contribution in [0.4, 0.5) is 0 Å². The lowest BCUT2D eigenvalue weighted by Gasteiger charge is -2.27. The smallest absolute Gasteiger partial charge is 0.168 e. The van der Waals surface area contributed by atoms with Gasteiger partial charge in [-0.15, -0.1) is 11.6 Å². The van der Waals surface area contributed by atoms with Crippen LogP contribution < -0.4 is 0 Å². The molecule has 0 heterocycles. The average Bonchev–Trinajstić information content (AvgIpc) is 3.22. The van der Waals surface area contributed by atoms with Gasteiger partial charge in [0.05, 0.1) is 4.87 Å². The van der Waals surface area contributed by atoms with Crippen molar-refractivity contribution in [3.8, 4) is 11.1 Å². The number of alkyl halides is 1. The van der Waals surface area contributed by atoms with Crippen LogP contribution in [0.1, 0.15) is 58.6 Å². The highest BCUT2D eigenvalue weighted by Gasteiger charge is 2.62. The maximum atomic E-state index is 13.3. The van der Waals surface area contributed by atoms with Gasteiger partial charge in [-0.3, -0.25) is 4.79 Å². The number of halogens is 1. The molecule has 0 aromatic heterocycles. The first kappa shape index (κ1) is 14.6. The number of hydrogen-bond donors (Lipinski definition) is 0. The molecule has 4 aliphatic carbocycles. The Hall–Kier alpha value is -1.60. The van der Waals surface area contributed by atoms with E-state index in [4.69, 9.17) is 11.6 Å². The minimum atomic E-state index is -0.264. The number of ketones is 1. The quantitative estimate of drug-likeness (QED) is 0.572. The summed E-state index contributed by atoms with van der Waals surface area (Å²) in [6.45, 7) is 0. The molecule has 0 bridgehead atoms. The molecular weight excluding hydrogens is 328 g/mol. The van der Waals surface area contributed by atoms with Crippen molar-refractivity contribution >= 4 is 17.4 Å². The average molecular weight is 349 g/mol. The highest BCUT2D eigenvalue weighted by molar-refractivity contribution is 6.28. The molecule has 126 valence electrons. The minimum absolute atomic E-state index is 0.0281. The molecule has 4 atom stereocenters. The molecule has 2 aromatic carbocycles. The van der Waals surface area contributed by atoms with Crippen molar-refractivity contribution in [2.75, 3.05) is 0 Å². The van der Waals surface area contributed by atoms with Gasteiger partial charge in [0, 0.05) is 11.5 Å². The van der Waals surface area contributed by atoms with Crippen molar-refractivity contribution in [1.29, 1.82) is 0 Å². The summed E-state index contributed by atoms with van der Waals surface area (Å²) in [5.74, 6) is 1.26. The van der Waals surface area contributed by atoms with E-state index < -0.39 is 0 Å². The van der Waals surface area contributed by atoms with E-state index >= 15 is 0 Å². The van der Waals surface area contributed by atoms with Gasteiger partial charge in [-0.25, -0.2) is 0 Å². The fourth-order valence-electron chi connectivity index (χ4n) is 6.50. The second-order valence-corrected chi connectivity index (χ2v) is 9.11. The fourth-order valence-corrected chi connectivity index (χ4v) is 7.08. The number of hydrogen-bond acceptors (Lipinski definition) is 1. The molecule has 4 aliphatic rings. The molecule has 0 N–H and O–H groups in total. The number of Topliss-reactive ketones (excluding diaryl/α,β-unsaturated/α-hetero) is 1. The predicted molar refractivity (Wildman–Crippen MR) is 100 cm³/mol. The summed E-state index contributed by atoms with van der Waals surface area (Å²) in [5, 5.41) is 0. The first-order valence-corrected chi connectivity index (χ1v) is 10.0. The summed E-state index contributed by atoms with van der Waals surface area (Å²) in [6, 6.07) is 13.0. The third-order valence-electron chi connectivity index (χ3n) is 7.48. The first-order chi connectivity index (χ1) is 12.2. The Balaban J connectivity index is 1.56. The molecule has 2 aromatic rings. The van der Waals surface area contributed by atoms with Gasteiger partial charge in [0.1, 0.15) is 0 Å². The van der Waals surface area contributed by atoms with E-state index in [1.807, 2.05) is 0 Å². The number of rotatable bonds is 0. The van der Waals surface area contributed by atoms with Gasteiger partial charge in [-0.1, -0.05) is 42.8 Å². The number of fused-ring (bicyclic) bond motifs is 9. The zero-order valence-corrected chi connectivity index (χ0v) is 15.0. The van der Waals surface area contributed by atoms with Gasteiger partial charge in [0.15, 0.2) is 5.78 Å². The number of carbonyl (C=O) groups is 1. The molecule has 2 heteroatoms. The second-order valence-electron chi connectivity index (χ2n) is 8.41. The van der Waals surface area contributed by atoms with Crippen molar-refractivity contribution in [1.82, 2.24) is 0 Å². The Bertz CT molecular complexity index is 930. The summed E-state index contributed by atoms with van der Waals surface area (Å²) in [4.78, 5) is 13.0. The molecule has 6 rings (SSSR count). The zero-order chi connectivity index (χ0) is 16.8. The summed E-state index contributed by atoms with van der Waals surface area (Å²) in [7, 11) is 0. The van der Waals surface area contributed by atoms with E-state index in [1.54, 1.807) is 0 Å². The summed E-state index contributed by atoms with van der Waals surface area (Å²) in [5.41, 5.74) is 7.95. The van der Waals surface area contributed by atoms with Crippen LogP contribution in [-0.2, 0) is 12.8 Å². The van der Waals surface area contributed by atoms with E-state index in [1.165, 1.54) is 40.7 Å². The molecule has 25 heavy (non-hydrogen) atoms. The lowest BCUT2D eigenvalue weighted by Crippen LogP contribution is -2.33.